The van der Waals surface area contributed by atoms with Crippen molar-refractivity contribution in [2.24, 2.45) is 0 Å². The van der Waals surface area contributed by atoms with Crippen LogP contribution in [0.25, 0.3) is 0 Å². The van der Waals surface area contributed by atoms with Crippen LogP contribution >= 0.6 is 14.7 Å². The van der Waals surface area contributed by atoms with Gasteiger partial charge < -0.3 is 9.79 Å². The summed E-state index contributed by atoms with van der Waals surface area (Å²) in [5.41, 5.74) is -0.848. The summed E-state index contributed by atoms with van der Waals surface area (Å²) < 4.78 is 24.3. The van der Waals surface area contributed by atoms with Crippen LogP contribution in [0.1, 0.15) is 47.5 Å². The van der Waals surface area contributed by atoms with Crippen molar-refractivity contribution in [3.05, 3.63) is 0 Å². The van der Waals surface area contributed by atoms with Crippen LogP contribution in [0.15, 0.2) is 0 Å². The quantitative estimate of drug-likeness (QED) is 0.725. The smallest absolute Gasteiger partial charge is 0.215 e. The van der Waals surface area contributed by atoms with E-state index < -0.39 is 31.5 Å². The van der Waals surface area contributed by atoms with E-state index in [1.807, 2.05) is 13.8 Å². The topological polar surface area (TPSA) is 74.6 Å². The normalized spacial score (nSPS) is 25.2. The fourth-order valence-corrected chi connectivity index (χ4v) is 7.28. The van der Waals surface area contributed by atoms with E-state index in [4.69, 9.17) is 0 Å². The van der Waals surface area contributed by atoms with Gasteiger partial charge in [0.2, 0.25) is 14.7 Å². The Morgan fingerprint density at radius 3 is 1.31 bits per heavy atom. The predicted octanol–water partition coefficient (Wildman–Crippen LogP) is 3.47. The molecule has 0 rings (SSSR count). The van der Waals surface area contributed by atoms with E-state index in [1.165, 1.54) is 6.92 Å². The molecule has 16 heavy (non-hydrogen) atoms. The van der Waals surface area contributed by atoms with Crippen molar-refractivity contribution in [2.45, 2.75) is 64.2 Å². The van der Waals surface area contributed by atoms with Crippen LogP contribution in [-0.4, -0.2) is 26.5 Å². The van der Waals surface area contributed by atoms with Gasteiger partial charge >= 0.3 is 0 Å². The van der Waals surface area contributed by atoms with Crippen LogP contribution in [0.2, 0.25) is 0 Å². The molecule has 0 fully saturated rings. The molecule has 0 heterocycles. The second-order valence-corrected chi connectivity index (χ2v) is 10.9. The number of hydrogen-bond donors (Lipinski definition) is 2. The third-order valence-corrected chi connectivity index (χ3v) is 10.9. The molecule has 0 aromatic carbocycles. The molecule has 0 aromatic rings. The summed E-state index contributed by atoms with van der Waals surface area (Å²) >= 11 is 0. The van der Waals surface area contributed by atoms with Crippen LogP contribution in [0.5, 0.6) is 0 Å². The summed E-state index contributed by atoms with van der Waals surface area (Å²) in [6.45, 7) is 8.37. The first-order chi connectivity index (χ1) is 7.12. The summed E-state index contributed by atoms with van der Waals surface area (Å²) in [7, 11) is -7.15. The minimum absolute atomic E-state index is 0.424. The minimum atomic E-state index is -3.58. The maximum absolute atomic E-state index is 12.1. The Morgan fingerprint density at radius 2 is 1.12 bits per heavy atom. The summed E-state index contributed by atoms with van der Waals surface area (Å²) in [6.07, 6.45) is 1.08. The van der Waals surface area contributed by atoms with Gasteiger partial charge in [-0.3, -0.25) is 9.13 Å². The van der Waals surface area contributed by atoms with Gasteiger partial charge in [0.1, 0.15) is 5.40 Å². The summed E-state index contributed by atoms with van der Waals surface area (Å²) in [5, 5.41) is -1.02. The zero-order valence-electron chi connectivity index (χ0n) is 10.8. The lowest BCUT2D eigenvalue weighted by Gasteiger charge is -2.30. The van der Waals surface area contributed by atoms with Gasteiger partial charge in [-0.15, -0.1) is 0 Å². The second-order valence-electron chi connectivity index (χ2n) is 4.49. The zero-order valence-corrected chi connectivity index (χ0v) is 12.5. The fraction of sp³-hybridized carbons (Fsp3) is 1.00. The third-order valence-electron chi connectivity index (χ3n) is 3.52. The summed E-state index contributed by atoms with van der Waals surface area (Å²) in [4.78, 5) is 19.9. The van der Waals surface area contributed by atoms with Gasteiger partial charge in [0.25, 0.3) is 0 Å². The van der Waals surface area contributed by atoms with Crippen molar-refractivity contribution < 1.29 is 18.9 Å². The highest BCUT2D eigenvalue weighted by atomic mass is 31.2. The van der Waals surface area contributed by atoms with E-state index >= 15 is 0 Å². The van der Waals surface area contributed by atoms with Gasteiger partial charge in [0.05, 0.1) is 0 Å². The Bertz CT molecular complexity index is 286. The lowest BCUT2D eigenvalue weighted by atomic mass is 10.4. The average molecular weight is 270 g/mol. The van der Waals surface area contributed by atoms with Crippen LogP contribution in [-0.2, 0) is 9.13 Å². The molecule has 4 nitrogen and oxygen atoms in total. The second kappa shape index (κ2) is 5.82. The van der Waals surface area contributed by atoms with E-state index in [1.54, 1.807) is 13.8 Å². The van der Waals surface area contributed by atoms with Gasteiger partial charge in [-0.05, 0) is 19.8 Å². The van der Waals surface area contributed by atoms with E-state index in [-0.39, 0.29) is 0 Å². The molecule has 98 valence electrons. The molecule has 0 aliphatic heterocycles. The van der Waals surface area contributed by atoms with E-state index in [0.29, 0.717) is 12.8 Å². The predicted molar refractivity (Wildman–Crippen MR) is 68.6 cm³/mol. The Kier molecular flexibility index (Phi) is 5.96. The first-order valence-corrected chi connectivity index (χ1v) is 9.36. The molecule has 4 unspecified atom stereocenters. The Morgan fingerprint density at radius 1 is 0.875 bits per heavy atom. The van der Waals surface area contributed by atoms with Crippen molar-refractivity contribution in [2.75, 3.05) is 0 Å². The SMILES string of the molecule is CCC(C)P(=O)(O)C(C)P(=O)(O)C(C)CC. The highest BCUT2D eigenvalue weighted by Crippen LogP contribution is 2.68. The lowest BCUT2D eigenvalue weighted by molar-refractivity contribution is 0.436. The maximum atomic E-state index is 12.1. The molecule has 0 amide bonds. The molecule has 0 saturated heterocycles. The molecule has 0 saturated carbocycles. The van der Waals surface area contributed by atoms with Crippen LogP contribution in [0.3, 0.4) is 0 Å². The Hall–Kier alpha value is 0.380. The highest BCUT2D eigenvalue weighted by Gasteiger charge is 2.45. The van der Waals surface area contributed by atoms with Gasteiger partial charge in [-0.25, -0.2) is 0 Å². The molecular formula is C10H24O4P2. The fourth-order valence-electron chi connectivity index (χ4n) is 1.50. The summed E-state index contributed by atoms with van der Waals surface area (Å²) in [6, 6.07) is 0. The molecule has 6 heteroatoms. The number of hydrogen-bond acceptors (Lipinski definition) is 2. The Balaban J connectivity index is 5.13. The molecule has 0 bridgehead atoms. The number of rotatable bonds is 6. The van der Waals surface area contributed by atoms with Crippen LogP contribution < -0.4 is 0 Å². The minimum Gasteiger partial charge on any atom is -0.344 e. The van der Waals surface area contributed by atoms with Crippen molar-refractivity contribution in [1.29, 1.82) is 0 Å². The van der Waals surface area contributed by atoms with Crippen molar-refractivity contribution in [3.8, 4) is 0 Å². The lowest BCUT2D eigenvalue weighted by Crippen LogP contribution is -2.18. The van der Waals surface area contributed by atoms with Crippen molar-refractivity contribution >= 4 is 14.7 Å². The van der Waals surface area contributed by atoms with Crippen LogP contribution in [0, 0.1) is 0 Å². The zero-order chi connectivity index (χ0) is 13.1. The molecule has 0 aliphatic carbocycles. The largest absolute Gasteiger partial charge is 0.344 e. The molecule has 0 aromatic heterocycles. The maximum Gasteiger partial charge on any atom is 0.215 e. The van der Waals surface area contributed by atoms with Crippen molar-refractivity contribution in [1.82, 2.24) is 0 Å². The van der Waals surface area contributed by atoms with E-state index in [9.17, 15) is 18.9 Å². The first-order valence-electron chi connectivity index (χ1n) is 5.76. The molecular weight excluding hydrogens is 246 g/mol. The molecule has 2 N–H and O–H groups in total. The van der Waals surface area contributed by atoms with Gasteiger partial charge in [0.15, 0.2) is 0 Å². The molecule has 0 aliphatic rings. The van der Waals surface area contributed by atoms with Gasteiger partial charge in [0, 0.05) is 11.3 Å². The highest BCUT2D eigenvalue weighted by molar-refractivity contribution is 7.77. The van der Waals surface area contributed by atoms with Gasteiger partial charge in [-0.2, -0.15) is 0 Å². The summed E-state index contributed by atoms with van der Waals surface area (Å²) in [5.74, 6) is 0. The van der Waals surface area contributed by atoms with Crippen molar-refractivity contribution in [3.63, 3.8) is 0 Å². The standard InChI is InChI=1S/C10H24O4P2/c1-6-8(3)15(11,12)10(5)16(13,14)9(4)7-2/h8-10H,6-7H2,1-5H3,(H,11,12)(H,13,14). The average Bonchev–Trinajstić information content (AvgIpc) is 2.25. The molecule has 4 atom stereocenters. The third kappa shape index (κ3) is 3.20. The van der Waals surface area contributed by atoms with Gasteiger partial charge in [-0.1, -0.05) is 27.7 Å². The van der Waals surface area contributed by atoms with Crippen LogP contribution in [0.4, 0.5) is 0 Å². The monoisotopic (exact) mass is 270 g/mol. The first kappa shape index (κ1) is 16.4. The molecule has 0 spiro atoms. The van der Waals surface area contributed by atoms with E-state index in [0.717, 1.165) is 0 Å². The van der Waals surface area contributed by atoms with E-state index in [2.05, 4.69) is 0 Å². The Labute approximate surface area is 98.4 Å². The molecule has 0 radical (unpaired) electrons.